The van der Waals surface area contributed by atoms with E-state index in [4.69, 9.17) is 5.73 Å². The van der Waals surface area contributed by atoms with Gasteiger partial charge in [-0.3, -0.25) is 4.79 Å². The number of carbonyl (C=O) groups excluding carboxylic acids is 1. The molecular formula is C8H18N2O. The van der Waals surface area contributed by atoms with Gasteiger partial charge >= 0.3 is 0 Å². The molecule has 0 radical (unpaired) electrons. The Hall–Kier alpha value is -0.570. The Morgan fingerprint density at radius 3 is 2.45 bits per heavy atom. The van der Waals surface area contributed by atoms with Crippen LogP contribution in [0.4, 0.5) is 0 Å². The third-order valence-corrected chi connectivity index (χ3v) is 1.77. The maximum absolute atomic E-state index is 10.6. The number of amides is 1. The average Bonchev–Trinajstić information content (AvgIpc) is 2.02. The highest BCUT2D eigenvalue weighted by molar-refractivity contribution is 5.77. The fourth-order valence-electron chi connectivity index (χ4n) is 0.914. The zero-order valence-corrected chi connectivity index (χ0v) is 7.55. The Bertz CT molecular complexity index is 125. The molecule has 0 saturated carbocycles. The number of nitrogens with two attached hydrogens (primary N) is 1. The van der Waals surface area contributed by atoms with Crippen LogP contribution in [0.1, 0.15) is 27.2 Å². The molecule has 1 saturated heterocycles. The minimum atomic E-state index is 0.0683. The summed E-state index contributed by atoms with van der Waals surface area (Å²) in [6, 6.07) is 0.0683. The van der Waals surface area contributed by atoms with Crippen LogP contribution in [0.25, 0.3) is 0 Å². The van der Waals surface area contributed by atoms with Crippen molar-refractivity contribution in [2.75, 3.05) is 6.54 Å². The molecule has 1 aliphatic rings. The quantitative estimate of drug-likeness (QED) is 0.539. The molecule has 3 nitrogen and oxygen atoms in total. The molecule has 1 amide bonds. The summed E-state index contributed by atoms with van der Waals surface area (Å²) in [6.45, 7) is 6.78. The first-order valence-corrected chi connectivity index (χ1v) is 4.22. The molecule has 66 valence electrons. The maximum Gasteiger partial charge on any atom is 0.221 e. The van der Waals surface area contributed by atoms with Crippen LogP contribution in [0.15, 0.2) is 0 Å². The van der Waals surface area contributed by atoms with E-state index in [-0.39, 0.29) is 11.9 Å². The van der Waals surface area contributed by atoms with Gasteiger partial charge in [0.25, 0.3) is 0 Å². The molecule has 0 aromatic rings. The lowest BCUT2D eigenvalue weighted by Crippen LogP contribution is -2.46. The molecule has 3 N–H and O–H groups in total. The van der Waals surface area contributed by atoms with Crippen LogP contribution in [0, 0.1) is 5.92 Å². The summed E-state index contributed by atoms with van der Waals surface area (Å²) in [4.78, 5) is 10.6. The molecule has 1 aliphatic heterocycles. The van der Waals surface area contributed by atoms with E-state index >= 15 is 0 Å². The van der Waals surface area contributed by atoms with E-state index in [1.807, 2.05) is 20.8 Å². The lowest BCUT2D eigenvalue weighted by atomic mass is 9.96. The Kier molecular flexibility index (Phi) is 4.86. The summed E-state index contributed by atoms with van der Waals surface area (Å²) in [5.74, 6) is 0.517. The largest absolute Gasteiger partial charge is 0.356 e. The molecule has 0 aromatic carbocycles. The summed E-state index contributed by atoms with van der Waals surface area (Å²) < 4.78 is 0. The van der Waals surface area contributed by atoms with Gasteiger partial charge in [0.15, 0.2) is 0 Å². The van der Waals surface area contributed by atoms with Crippen LogP contribution in [-0.4, -0.2) is 18.5 Å². The first-order chi connectivity index (χ1) is 5.20. The zero-order chi connectivity index (χ0) is 8.85. The van der Waals surface area contributed by atoms with Crippen molar-refractivity contribution in [2.24, 2.45) is 11.7 Å². The van der Waals surface area contributed by atoms with E-state index in [9.17, 15) is 4.79 Å². The lowest BCUT2D eigenvalue weighted by Gasteiger charge is -2.24. The number of nitrogens with one attached hydrogen (secondary N) is 1. The van der Waals surface area contributed by atoms with Gasteiger partial charge in [-0.2, -0.15) is 0 Å². The van der Waals surface area contributed by atoms with Gasteiger partial charge in [0.2, 0.25) is 5.91 Å². The molecule has 1 rings (SSSR count). The first kappa shape index (κ1) is 10.4. The Morgan fingerprint density at radius 1 is 1.55 bits per heavy atom. The van der Waals surface area contributed by atoms with Gasteiger partial charge < -0.3 is 11.1 Å². The molecule has 0 bridgehead atoms. The molecular weight excluding hydrogens is 140 g/mol. The van der Waals surface area contributed by atoms with Crippen molar-refractivity contribution in [3.63, 3.8) is 0 Å². The van der Waals surface area contributed by atoms with E-state index in [0.717, 1.165) is 6.54 Å². The van der Waals surface area contributed by atoms with Crippen LogP contribution >= 0.6 is 0 Å². The van der Waals surface area contributed by atoms with Gasteiger partial charge in [-0.05, 0) is 5.92 Å². The average molecular weight is 158 g/mol. The van der Waals surface area contributed by atoms with E-state index in [2.05, 4.69) is 5.32 Å². The van der Waals surface area contributed by atoms with Crippen LogP contribution in [0.3, 0.4) is 0 Å². The monoisotopic (exact) mass is 158 g/mol. The summed E-state index contributed by atoms with van der Waals surface area (Å²) in [6.07, 6.45) is 0.487. The third-order valence-electron chi connectivity index (χ3n) is 1.77. The Balaban J connectivity index is 0.000000461. The fraction of sp³-hybridized carbons (Fsp3) is 0.875. The zero-order valence-electron chi connectivity index (χ0n) is 7.55. The summed E-state index contributed by atoms with van der Waals surface area (Å²) >= 11 is 0. The van der Waals surface area contributed by atoms with Crippen molar-refractivity contribution in [3.8, 4) is 0 Å². The standard InChI is InChI=1S/C6H12N2O.C2H6/c1-4-3-8-6(9)2-5(4)7;1-2/h4-5H,2-3,7H2,1H3,(H,8,9);1-2H3. The normalized spacial score (nSPS) is 30.0. The second-order valence-corrected chi connectivity index (χ2v) is 2.65. The predicted molar refractivity (Wildman–Crippen MR) is 46.1 cm³/mol. The van der Waals surface area contributed by atoms with E-state index in [1.54, 1.807) is 0 Å². The van der Waals surface area contributed by atoms with E-state index in [1.165, 1.54) is 0 Å². The highest BCUT2D eigenvalue weighted by Crippen LogP contribution is 2.07. The van der Waals surface area contributed by atoms with Crippen molar-refractivity contribution in [1.29, 1.82) is 0 Å². The molecule has 0 aromatic heterocycles. The minimum absolute atomic E-state index is 0.0683. The number of carbonyl (C=O) groups is 1. The molecule has 2 unspecified atom stereocenters. The molecule has 0 aliphatic carbocycles. The Labute approximate surface area is 68.3 Å². The van der Waals surface area contributed by atoms with Crippen molar-refractivity contribution >= 4 is 5.91 Å². The van der Waals surface area contributed by atoms with Gasteiger partial charge in [-0.25, -0.2) is 0 Å². The smallest absolute Gasteiger partial charge is 0.221 e. The van der Waals surface area contributed by atoms with Crippen molar-refractivity contribution in [2.45, 2.75) is 33.2 Å². The van der Waals surface area contributed by atoms with Gasteiger partial charge in [0.05, 0.1) is 0 Å². The SMILES string of the molecule is CC.CC1CNC(=O)CC1N. The van der Waals surface area contributed by atoms with E-state index < -0.39 is 0 Å². The van der Waals surface area contributed by atoms with Gasteiger partial charge in [0, 0.05) is 19.0 Å². The second-order valence-electron chi connectivity index (χ2n) is 2.65. The van der Waals surface area contributed by atoms with E-state index in [0.29, 0.717) is 12.3 Å². The third kappa shape index (κ3) is 3.37. The van der Waals surface area contributed by atoms with Crippen molar-refractivity contribution in [1.82, 2.24) is 5.32 Å². The van der Waals surface area contributed by atoms with Crippen molar-refractivity contribution < 1.29 is 4.79 Å². The van der Waals surface area contributed by atoms with Gasteiger partial charge in [0.1, 0.15) is 0 Å². The number of hydrogen-bond donors (Lipinski definition) is 2. The Morgan fingerprint density at radius 2 is 2.09 bits per heavy atom. The first-order valence-electron chi connectivity index (χ1n) is 4.22. The van der Waals surface area contributed by atoms with Crippen molar-refractivity contribution in [3.05, 3.63) is 0 Å². The summed E-state index contributed by atoms with van der Waals surface area (Å²) in [5.41, 5.74) is 5.61. The lowest BCUT2D eigenvalue weighted by molar-refractivity contribution is -0.123. The van der Waals surface area contributed by atoms with Crippen LogP contribution in [0.5, 0.6) is 0 Å². The number of hydrogen-bond acceptors (Lipinski definition) is 2. The molecule has 0 spiro atoms. The predicted octanol–water partition coefficient (Wildman–Crippen LogP) is 0.496. The van der Waals surface area contributed by atoms with Gasteiger partial charge in [-0.1, -0.05) is 20.8 Å². The highest BCUT2D eigenvalue weighted by Gasteiger charge is 2.21. The molecule has 3 heteroatoms. The topological polar surface area (TPSA) is 55.1 Å². The summed E-state index contributed by atoms with van der Waals surface area (Å²) in [7, 11) is 0. The second kappa shape index (κ2) is 5.13. The highest BCUT2D eigenvalue weighted by atomic mass is 16.1. The fourth-order valence-corrected chi connectivity index (χ4v) is 0.914. The van der Waals surface area contributed by atoms with Crippen LogP contribution in [-0.2, 0) is 4.79 Å². The van der Waals surface area contributed by atoms with Crippen LogP contribution in [0.2, 0.25) is 0 Å². The number of piperidine rings is 1. The molecule has 2 atom stereocenters. The maximum atomic E-state index is 10.6. The number of rotatable bonds is 0. The van der Waals surface area contributed by atoms with Gasteiger partial charge in [-0.15, -0.1) is 0 Å². The molecule has 1 heterocycles. The van der Waals surface area contributed by atoms with Crippen LogP contribution < -0.4 is 11.1 Å². The minimum Gasteiger partial charge on any atom is -0.356 e. The molecule has 1 fully saturated rings. The molecule has 11 heavy (non-hydrogen) atoms. The summed E-state index contributed by atoms with van der Waals surface area (Å²) in [5, 5.41) is 2.74.